The Morgan fingerprint density at radius 3 is 2.95 bits per heavy atom. The number of nitrogens with zero attached hydrogens (tertiary/aromatic N) is 3. The topological polar surface area (TPSA) is 51.5 Å². The highest BCUT2D eigenvalue weighted by atomic mass is 16.5. The van der Waals surface area contributed by atoms with Crippen LogP contribution in [0.2, 0.25) is 0 Å². The number of aromatic nitrogens is 3. The molecule has 0 saturated carbocycles. The second-order valence-electron chi connectivity index (χ2n) is 4.14. The summed E-state index contributed by atoms with van der Waals surface area (Å²) in [6.07, 6.45) is 5.57. The van der Waals surface area contributed by atoms with Crippen molar-refractivity contribution in [3.05, 3.63) is 54.5 Å². The first-order chi connectivity index (χ1) is 9.36. The van der Waals surface area contributed by atoms with Gasteiger partial charge in [0.2, 0.25) is 5.88 Å². The quantitative estimate of drug-likeness (QED) is 0.776. The minimum atomic E-state index is 0.613. The maximum absolute atomic E-state index is 5.02. The Morgan fingerprint density at radius 2 is 2.16 bits per heavy atom. The zero-order valence-corrected chi connectivity index (χ0v) is 10.6. The van der Waals surface area contributed by atoms with Gasteiger partial charge < -0.3 is 10.1 Å². The number of fused-ring (bicyclic) bond motifs is 1. The molecule has 3 rings (SSSR count). The smallest absolute Gasteiger partial charge is 0.213 e. The number of ether oxygens (including phenoxy) is 1. The molecule has 3 aromatic heterocycles. The number of hydrogen-bond acceptors (Lipinski definition) is 4. The van der Waals surface area contributed by atoms with Crippen LogP contribution in [0.15, 0.2) is 48.9 Å². The summed E-state index contributed by atoms with van der Waals surface area (Å²) >= 11 is 0. The molecule has 19 heavy (non-hydrogen) atoms. The van der Waals surface area contributed by atoms with Crippen molar-refractivity contribution in [1.82, 2.24) is 14.6 Å². The fraction of sp³-hybridized carbons (Fsp3) is 0.143. The van der Waals surface area contributed by atoms with E-state index in [-0.39, 0.29) is 0 Å². The van der Waals surface area contributed by atoms with Gasteiger partial charge in [-0.2, -0.15) is 5.10 Å². The van der Waals surface area contributed by atoms with Crippen LogP contribution in [0, 0.1) is 0 Å². The predicted octanol–water partition coefficient (Wildman–Crippen LogP) is 2.35. The van der Waals surface area contributed by atoms with Gasteiger partial charge in [-0.15, -0.1) is 0 Å². The van der Waals surface area contributed by atoms with Crippen LogP contribution in [0.25, 0.3) is 5.52 Å². The maximum atomic E-state index is 5.02. The first-order valence-corrected chi connectivity index (χ1v) is 6.02. The van der Waals surface area contributed by atoms with E-state index in [4.69, 9.17) is 4.74 Å². The molecule has 0 aliphatic carbocycles. The number of anilines is 1. The third kappa shape index (κ3) is 2.35. The fourth-order valence-corrected chi connectivity index (χ4v) is 1.93. The van der Waals surface area contributed by atoms with Gasteiger partial charge in [0.05, 0.1) is 30.7 Å². The molecular formula is C14H14N4O. The molecule has 0 atom stereocenters. The van der Waals surface area contributed by atoms with E-state index >= 15 is 0 Å². The highest BCUT2D eigenvalue weighted by molar-refractivity contribution is 5.55. The molecule has 5 heteroatoms. The lowest BCUT2D eigenvalue weighted by molar-refractivity contribution is 0.398. The van der Waals surface area contributed by atoms with Crippen molar-refractivity contribution in [3.63, 3.8) is 0 Å². The molecule has 0 spiro atoms. The van der Waals surface area contributed by atoms with Crippen LogP contribution in [-0.2, 0) is 6.54 Å². The van der Waals surface area contributed by atoms with E-state index in [1.54, 1.807) is 13.3 Å². The molecule has 0 aliphatic heterocycles. The Kier molecular flexibility index (Phi) is 3.02. The molecule has 3 aromatic rings. The van der Waals surface area contributed by atoms with Gasteiger partial charge in [0.15, 0.2) is 0 Å². The van der Waals surface area contributed by atoms with Gasteiger partial charge in [0, 0.05) is 24.4 Å². The lowest BCUT2D eigenvalue weighted by Gasteiger charge is -2.05. The Bertz CT molecular complexity index is 675. The SMILES string of the molecule is COc1ccc(NCc2cnn3ccccc23)cn1. The van der Waals surface area contributed by atoms with E-state index in [2.05, 4.69) is 21.5 Å². The van der Waals surface area contributed by atoms with E-state index in [0.717, 1.165) is 16.8 Å². The van der Waals surface area contributed by atoms with Crippen LogP contribution in [-0.4, -0.2) is 21.7 Å². The predicted molar refractivity (Wildman–Crippen MR) is 73.3 cm³/mol. The lowest BCUT2D eigenvalue weighted by Crippen LogP contribution is -1.99. The summed E-state index contributed by atoms with van der Waals surface area (Å²) in [5.41, 5.74) is 3.21. The maximum Gasteiger partial charge on any atom is 0.213 e. The van der Waals surface area contributed by atoms with Crippen molar-refractivity contribution >= 4 is 11.2 Å². The highest BCUT2D eigenvalue weighted by Crippen LogP contribution is 2.14. The average molecular weight is 254 g/mol. The Hall–Kier alpha value is -2.56. The number of pyridine rings is 2. The van der Waals surface area contributed by atoms with Crippen molar-refractivity contribution in [1.29, 1.82) is 0 Å². The van der Waals surface area contributed by atoms with Gasteiger partial charge in [-0.05, 0) is 18.2 Å². The molecule has 3 heterocycles. The van der Waals surface area contributed by atoms with Crippen molar-refractivity contribution in [2.75, 3.05) is 12.4 Å². The van der Waals surface area contributed by atoms with Gasteiger partial charge in [-0.1, -0.05) is 6.07 Å². The summed E-state index contributed by atoms with van der Waals surface area (Å²) in [6.45, 7) is 0.710. The Balaban J connectivity index is 1.74. The first-order valence-electron chi connectivity index (χ1n) is 6.02. The van der Waals surface area contributed by atoms with Crippen LogP contribution in [0.5, 0.6) is 5.88 Å². The van der Waals surface area contributed by atoms with Crippen molar-refractivity contribution in [3.8, 4) is 5.88 Å². The van der Waals surface area contributed by atoms with Crippen LogP contribution in [0.1, 0.15) is 5.56 Å². The minimum absolute atomic E-state index is 0.613. The number of hydrogen-bond donors (Lipinski definition) is 1. The Labute approximate surface area is 110 Å². The third-order valence-electron chi connectivity index (χ3n) is 2.93. The number of nitrogens with one attached hydrogen (secondary N) is 1. The van der Waals surface area contributed by atoms with Crippen LogP contribution < -0.4 is 10.1 Å². The second-order valence-corrected chi connectivity index (χ2v) is 4.14. The van der Waals surface area contributed by atoms with Gasteiger partial charge in [-0.25, -0.2) is 9.50 Å². The molecule has 0 bridgehead atoms. The molecule has 0 aliphatic rings. The summed E-state index contributed by atoms with van der Waals surface area (Å²) < 4.78 is 6.89. The van der Waals surface area contributed by atoms with Crippen LogP contribution in [0.4, 0.5) is 5.69 Å². The first kappa shape index (κ1) is 11.5. The summed E-state index contributed by atoms with van der Waals surface area (Å²) in [5, 5.41) is 7.62. The zero-order chi connectivity index (χ0) is 13.1. The van der Waals surface area contributed by atoms with E-state index in [0.29, 0.717) is 12.4 Å². The molecule has 5 nitrogen and oxygen atoms in total. The van der Waals surface area contributed by atoms with Crippen molar-refractivity contribution in [2.24, 2.45) is 0 Å². The van der Waals surface area contributed by atoms with Crippen LogP contribution >= 0.6 is 0 Å². The van der Waals surface area contributed by atoms with Gasteiger partial charge >= 0.3 is 0 Å². The van der Waals surface area contributed by atoms with Crippen molar-refractivity contribution in [2.45, 2.75) is 6.54 Å². The largest absolute Gasteiger partial charge is 0.481 e. The monoisotopic (exact) mass is 254 g/mol. The highest BCUT2D eigenvalue weighted by Gasteiger charge is 2.03. The minimum Gasteiger partial charge on any atom is -0.481 e. The van der Waals surface area contributed by atoms with Gasteiger partial charge in [-0.3, -0.25) is 0 Å². The lowest BCUT2D eigenvalue weighted by atomic mass is 10.2. The van der Waals surface area contributed by atoms with E-state index < -0.39 is 0 Å². The normalized spacial score (nSPS) is 10.6. The van der Waals surface area contributed by atoms with Gasteiger partial charge in [0.1, 0.15) is 0 Å². The van der Waals surface area contributed by atoms with Crippen molar-refractivity contribution < 1.29 is 4.74 Å². The Morgan fingerprint density at radius 1 is 1.21 bits per heavy atom. The summed E-state index contributed by atoms with van der Waals surface area (Å²) in [4.78, 5) is 4.15. The third-order valence-corrected chi connectivity index (χ3v) is 2.93. The molecule has 0 aromatic carbocycles. The van der Waals surface area contributed by atoms with Crippen LogP contribution in [0.3, 0.4) is 0 Å². The summed E-state index contributed by atoms with van der Waals surface area (Å²) in [7, 11) is 1.61. The fourth-order valence-electron chi connectivity index (χ4n) is 1.93. The number of rotatable bonds is 4. The average Bonchev–Trinajstić information content (AvgIpc) is 2.89. The number of methoxy groups -OCH3 is 1. The standard InChI is InChI=1S/C14H14N4O/c1-19-14-6-5-12(10-16-14)15-8-11-9-17-18-7-3-2-4-13(11)18/h2-7,9-10,15H,8H2,1H3. The molecule has 1 N–H and O–H groups in total. The zero-order valence-electron chi connectivity index (χ0n) is 10.6. The molecule has 0 fully saturated rings. The summed E-state index contributed by atoms with van der Waals surface area (Å²) in [6, 6.07) is 9.80. The van der Waals surface area contributed by atoms with E-state index in [1.165, 1.54) is 0 Å². The molecule has 0 unspecified atom stereocenters. The molecule has 0 saturated heterocycles. The van der Waals surface area contributed by atoms with E-state index in [9.17, 15) is 0 Å². The summed E-state index contributed by atoms with van der Waals surface area (Å²) in [5.74, 6) is 0.613. The molecule has 96 valence electrons. The van der Waals surface area contributed by atoms with Gasteiger partial charge in [0.25, 0.3) is 0 Å². The van der Waals surface area contributed by atoms with E-state index in [1.807, 2.05) is 41.2 Å². The molecule has 0 amide bonds. The molecular weight excluding hydrogens is 240 g/mol. The molecule has 0 radical (unpaired) electrons. The second kappa shape index (κ2) is 4.97.